The van der Waals surface area contributed by atoms with Crippen LogP contribution in [0.2, 0.25) is 5.28 Å². The molecule has 96 valence electrons. The third-order valence-corrected chi connectivity index (χ3v) is 3.17. The van der Waals surface area contributed by atoms with Crippen molar-refractivity contribution < 1.29 is 9.13 Å². The number of rotatable bonds is 2. The van der Waals surface area contributed by atoms with Crippen molar-refractivity contribution in [2.75, 3.05) is 0 Å². The van der Waals surface area contributed by atoms with Gasteiger partial charge in [-0.15, -0.1) is 0 Å². The summed E-state index contributed by atoms with van der Waals surface area (Å²) in [5.41, 5.74) is 0.447. The minimum Gasteiger partial charge on any atom is -0.437 e. The molecule has 3 aromatic rings. The van der Waals surface area contributed by atoms with E-state index in [2.05, 4.69) is 36.1 Å². The molecule has 0 spiro atoms. The largest absolute Gasteiger partial charge is 0.437 e. The van der Waals surface area contributed by atoms with Crippen LogP contribution < -0.4 is 4.74 Å². The van der Waals surface area contributed by atoms with Gasteiger partial charge in [-0.3, -0.25) is 5.10 Å². The summed E-state index contributed by atoms with van der Waals surface area (Å²) in [5, 5.41) is 7.06. The van der Waals surface area contributed by atoms with Crippen LogP contribution in [-0.4, -0.2) is 20.2 Å². The van der Waals surface area contributed by atoms with E-state index < -0.39 is 5.82 Å². The highest BCUT2D eigenvalue weighted by molar-refractivity contribution is 9.10. The molecular weight excluding hydrogens is 339 g/mol. The Morgan fingerprint density at radius 1 is 1.32 bits per heavy atom. The van der Waals surface area contributed by atoms with Gasteiger partial charge in [-0.05, 0) is 39.7 Å². The molecule has 0 aliphatic rings. The quantitative estimate of drug-likeness (QED) is 0.721. The van der Waals surface area contributed by atoms with Crippen LogP contribution in [0, 0.1) is 5.82 Å². The maximum Gasteiger partial charge on any atom is 0.234 e. The number of aromatic nitrogens is 4. The van der Waals surface area contributed by atoms with E-state index >= 15 is 0 Å². The lowest BCUT2D eigenvalue weighted by Crippen LogP contribution is -1.93. The van der Waals surface area contributed by atoms with Gasteiger partial charge in [-0.1, -0.05) is 0 Å². The van der Waals surface area contributed by atoms with Crippen LogP contribution in [0.25, 0.3) is 11.0 Å². The maximum atomic E-state index is 13.2. The molecule has 1 aromatic carbocycles. The smallest absolute Gasteiger partial charge is 0.234 e. The number of H-pyrrole nitrogens is 1. The highest BCUT2D eigenvalue weighted by atomic mass is 79.9. The van der Waals surface area contributed by atoms with Crippen LogP contribution in [-0.2, 0) is 0 Å². The van der Waals surface area contributed by atoms with Gasteiger partial charge < -0.3 is 4.74 Å². The van der Waals surface area contributed by atoms with Gasteiger partial charge in [0.2, 0.25) is 11.2 Å². The number of hydrogen-bond donors (Lipinski definition) is 1. The van der Waals surface area contributed by atoms with Crippen molar-refractivity contribution in [1.29, 1.82) is 0 Å². The topological polar surface area (TPSA) is 63.7 Å². The molecule has 5 nitrogen and oxygen atoms in total. The molecule has 8 heteroatoms. The number of halogens is 3. The standard InChI is InChI=1S/C11H5BrClFN4O/c12-7-2-1-5(14)3-8(7)19-10-6-4-15-18-9(6)16-11(13)17-10/h1-4H,(H,15,16,17,18). The summed E-state index contributed by atoms with van der Waals surface area (Å²) >= 11 is 9.05. The van der Waals surface area contributed by atoms with Crippen LogP contribution in [0.4, 0.5) is 4.39 Å². The van der Waals surface area contributed by atoms with Crippen molar-refractivity contribution >= 4 is 38.6 Å². The summed E-state index contributed by atoms with van der Waals surface area (Å²) in [5.74, 6) is 0.0779. The molecule has 19 heavy (non-hydrogen) atoms. The van der Waals surface area contributed by atoms with E-state index in [-0.39, 0.29) is 16.9 Å². The summed E-state index contributed by atoms with van der Waals surface area (Å²) in [6.07, 6.45) is 1.51. The van der Waals surface area contributed by atoms with Gasteiger partial charge in [-0.2, -0.15) is 15.1 Å². The summed E-state index contributed by atoms with van der Waals surface area (Å²) in [6.45, 7) is 0. The summed E-state index contributed by atoms with van der Waals surface area (Å²) in [6, 6.07) is 4.10. The molecule has 0 atom stereocenters. The van der Waals surface area contributed by atoms with Crippen LogP contribution in [0.1, 0.15) is 0 Å². The van der Waals surface area contributed by atoms with Gasteiger partial charge in [-0.25, -0.2) is 4.39 Å². The number of benzene rings is 1. The van der Waals surface area contributed by atoms with Crippen molar-refractivity contribution in [3.05, 3.63) is 40.0 Å². The molecule has 0 saturated heterocycles. The SMILES string of the molecule is Fc1ccc(Br)c(Oc2nc(Cl)nc3[nH]ncc23)c1. The van der Waals surface area contributed by atoms with Crippen molar-refractivity contribution in [2.45, 2.75) is 0 Å². The number of fused-ring (bicyclic) bond motifs is 1. The first-order chi connectivity index (χ1) is 9.13. The lowest BCUT2D eigenvalue weighted by Gasteiger charge is -2.07. The van der Waals surface area contributed by atoms with E-state index in [0.717, 1.165) is 0 Å². The van der Waals surface area contributed by atoms with Gasteiger partial charge in [0.05, 0.1) is 10.7 Å². The van der Waals surface area contributed by atoms with E-state index in [9.17, 15) is 4.39 Å². The molecule has 1 N–H and O–H groups in total. The van der Waals surface area contributed by atoms with Crippen molar-refractivity contribution in [3.63, 3.8) is 0 Å². The highest BCUT2D eigenvalue weighted by Crippen LogP contribution is 2.32. The van der Waals surface area contributed by atoms with Crippen molar-refractivity contribution in [1.82, 2.24) is 20.2 Å². The Bertz CT molecular complexity index is 764. The highest BCUT2D eigenvalue weighted by Gasteiger charge is 2.12. The minimum atomic E-state index is -0.415. The van der Waals surface area contributed by atoms with Crippen LogP contribution in [0.3, 0.4) is 0 Å². The monoisotopic (exact) mass is 342 g/mol. The lowest BCUT2D eigenvalue weighted by atomic mass is 10.3. The molecule has 0 aliphatic carbocycles. The number of nitrogens with one attached hydrogen (secondary N) is 1. The Morgan fingerprint density at radius 2 is 2.16 bits per heavy atom. The zero-order chi connectivity index (χ0) is 13.4. The van der Waals surface area contributed by atoms with E-state index in [1.165, 1.54) is 18.3 Å². The zero-order valence-electron chi connectivity index (χ0n) is 9.19. The first-order valence-corrected chi connectivity index (χ1v) is 6.30. The number of hydrogen-bond acceptors (Lipinski definition) is 4. The minimum absolute atomic E-state index is 0.0132. The molecular formula is C11H5BrClFN4O. The van der Waals surface area contributed by atoms with Crippen molar-refractivity contribution in [3.8, 4) is 11.6 Å². The number of aromatic amines is 1. The van der Waals surface area contributed by atoms with E-state index in [0.29, 0.717) is 15.5 Å². The fourth-order valence-electron chi connectivity index (χ4n) is 1.52. The number of nitrogens with zero attached hydrogens (tertiary/aromatic N) is 3. The average Bonchev–Trinajstić information content (AvgIpc) is 2.82. The molecule has 0 saturated carbocycles. The number of ether oxygens (including phenoxy) is 1. The normalized spacial score (nSPS) is 10.9. The first-order valence-electron chi connectivity index (χ1n) is 5.13. The third-order valence-electron chi connectivity index (χ3n) is 2.35. The first kappa shape index (κ1) is 12.3. The summed E-state index contributed by atoms with van der Waals surface area (Å²) in [7, 11) is 0. The van der Waals surface area contributed by atoms with Crippen LogP contribution >= 0.6 is 27.5 Å². The summed E-state index contributed by atoms with van der Waals surface area (Å²) < 4.78 is 19.4. The fourth-order valence-corrected chi connectivity index (χ4v) is 2.01. The lowest BCUT2D eigenvalue weighted by molar-refractivity contribution is 0.460. The van der Waals surface area contributed by atoms with Gasteiger partial charge in [0.1, 0.15) is 17.0 Å². The molecule has 0 aliphatic heterocycles. The van der Waals surface area contributed by atoms with Crippen molar-refractivity contribution in [2.24, 2.45) is 0 Å². The Kier molecular flexibility index (Phi) is 3.08. The molecule has 0 unspecified atom stereocenters. The van der Waals surface area contributed by atoms with Gasteiger partial charge in [0, 0.05) is 6.07 Å². The van der Waals surface area contributed by atoms with E-state index in [1.54, 1.807) is 6.07 Å². The van der Waals surface area contributed by atoms with Gasteiger partial charge in [0.25, 0.3) is 0 Å². The van der Waals surface area contributed by atoms with E-state index in [4.69, 9.17) is 16.3 Å². The second kappa shape index (κ2) is 4.75. The Morgan fingerprint density at radius 3 is 3.00 bits per heavy atom. The predicted octanol–water partition coefficient (Wildman–Crippen LogP) is 3.70. The Balaban J connectivity index is 2.10. The van der Waals surface area contributed by atoms with Gasteiger partial charge >= 0.3 is 0 Å². The average molecular weight is 344 g/mol. The van der Waals surface area contributed by atoms with Crippen LogP contribution in [0.15, 0.2) is 28.9 Å². The molecule has 0 bridgehead atoms. The fraction of sp³-hybridized carbons (Fsp3) is 0. The third kappa shape index (κ3) is 2.39. The molecule has 0 radical (unpaired) electrons. The second-order valence-electron chi connectivity index (χ2n) is 3.61. The Hall–Kier alpha value is -1.73. The predicted molar refractivity (Wildman–Crippen MR) is 70.9 cm³/mol. The molecule has 3 rings (SSSR count). The molecule has 2 heterocycles. The Labute approximate surface area is 119 Å². The summed E-state index contributed by atoms with van der Waals surface area (Å²) in [4.78, 5) is 7.92. The zero-order valence-corrected chi connectivity index (χ0v) is 11.5. The van der Waals surface area contributed by atoms with Gasteiger partial charge in [0.15, 0.2) is 5.65 Å². The second-order valence-corrected chi connectivity index (χ2v) is 4.80. The maximum absolute atomic E-state index is 13.2. The van der Waals surface area contributed by atoms with Crippen LogP contribution in [0.5, 0.6) is 11.6 Å². The molecule has 2 aromatic heterocycles. The molecule has 0 fully saturated rings. The molecule has 0 amide bonds. The van der Waals surface area contributed by atoms with E-state index in [1.807, 2.05) is 0 Å².